The Bertz CT molecular complexity index is 725. The molecule has 0 saturated carbocycles. The summed E-state index contributed by atoms with van der Waals surface area (Å²) in [5, 5.41) is 16.0. The summed E-state index contributed by atoms with van der Waals surface area (Å²) in [5.41, 5.74) is 3.32. The predicted molar refractivity (Wildman–Crippen MR) is 107 cm³/mol. The normalized spacial score (nSPS) is 11.5. The zero-order chi connectivity index (χ0) is 18.9. The molecule has 0 aliphatic carbocycles. The minimum absolute atomic E-state index is 0.131. The van der Waals surface area contributed by atoms with Crippen LogP contribution in [-0.2, 0) is 13.1 Å². The van der Waals surface area contributed by atoms with Gasteiger partial charge in [-0.1, -0.05) is 24.3 Å². The Morgan fingerprint density at radius 1 is 1.12 bits per heavy atom. The highest BCUT2D eigenvalue weighted by molar-refractivity contribution is 5.79. The molecule has 0 aliphatic rings. The van der Waals surface area contributed by atoms with Gasteiger partial charge in [0.05, 0.1) is 12.6 Å². The van der Waals surface area contributed by atoms with Gasteiger partial charge >= 0.3 is 0 Å². The fraction of sp³-hybridized carbons (Fsp3) is 0.381. The molecular weight excluding hydrogens is 326 g/mol. The number of guanidine groups is 1. The molecule has 26 heavy (non-hydrogen) atoms. The maximum atomic E-state index is 9.36. The Hall–Kier alpha value is -2.69. The summed E-state index contributed by atoms with van der Waals surface area (Å²) in [6.07, 6.45) is 0.131. The first-order valence-corrected chi connectivity index (χ1v) is 9.04. The van der Waals surface area contributed by atoms with Crippen LogP contribution in [0, 0.1) is 6.92 Å². The number of aryl methyl sites for hydroxylation is 1. The van der Waals surface area contributed by atoms with Crippen LogP contribution in [0.3, 0.4) is 0 Å². The lowest BCUT2D eigenvalue weighted by atomic mass is 10.1. The smallest absolute Gasteiger partial charge is 0.191 e. The van der Waals surface area contributed by atoms with E-state index in [1.54, 1.807) is 12.1 Å². The predicted octanol–water partition coefficient (Wildman–Crippen LogP) is 3.74. The molecule has 0 radical (unpaired) electrons. The quantitative estimate of drug-likeness (QED) is 0.523. The van der Waals surface area contributed by atoms with Gasteiger partial charge in [-0.2, -0.15) is 0 Å². The Morgan fingerprint density at radius 3 is 2.50 bits per heavy atom. The van der Waals surface area contributed by atoms with Crippen LogP contribution >= 0.6 is 0 Å². The third-order valence-electron chi connectivity index (χ3n) is 3.73. The number of nitrogens with one attached hydrogen (secondary N) is 2. The highest BCUT2D eigenvalue weighted by atomic mass is 16.5. The Kier molecular flexibility index (Phi) is 7.33. The molecule has 0 saturated heterocycles. The molecule has 0 atom stereocenters. The Balaban J connectivity index is 2.05. The standard InChI is InChI=1S/C21H29N3O2/c1-5-22-21(23-13-17-7-10-19(25)11-8-17)24-14-18-9-6-16(4)12-20(18)26-15(2)3/h6-12,15,25H,5,13-14H2,1-4H3,(H2,22,23,24). The van der Waals surface area contributed by atoms with E-state index in [9.17, 15) is 5.11 Å². The van der Waals surface area contributed by atoms with Gasteiger partial charge in [-0.15, -0.1) is 0 Å². The number of phenolic OH excluding ortho intramolecular Hbond substituents is 1. The number of nitrogens with zero attached hydrogens (tertiary/aromatic N) is 1. The third kappa shape index (κ3) is 6.31. The van der Waals surface area contributed by atoms with E-state index < -0.39 is 0 Å². The van der Waals surface area contributed by atoms with Crippen LogP contribution in [0.2, 0.25) is 0 Å². The first-order valence-electron chi connectivity index (χ1n) is 9.04. The van der Waals surface area contributed by atoms with Gasteiger partial charge in [0.15, 0.2) is 5.96 Å². The number of rotatable bonds is 7. The molecular formula is C21H29N3O2. The van der Waals surface area contributed by atoms with Crippen LogP contribution in [0.4, 0.5) is 0 Å². The van der Waals surface area contributed by atoms with Gasteiger partial charge in [-0.3, -0.25) is 0 Å². The summed E-state index contributed by atoms with van der Waals surface area (Å²) in [7, 11) is 0. The molecule has 3 N–H and O–H groups in total. The second kappa shape index (κ2) is 9.70. The molecule has 0 aromatic heterocycles. The van der Waals surface area contributed by atoms with Crippen molar-refractivity contribution in [1.29, 1.82) is 0 Å². The number of benzene rings is 2. The van der Waals surface area contributed by atoms with Gasteiger partial charge < -0.3 is 20.5 Å². The lowest BCUT2D eigenvalue weighted by molar-refractivity contribution is 0.239. The monoisotopic (exact) mass is 355 g/mol. The first-order chi connectivity index (χ1) is 12.5. The molecule has 0 heterocycles. The molecule has 2 aromatic rings. The molecule has 0 aliphatic heterocycles. The van der Waals surface area contributed by atoms with E-state index in [0.717, 1.165) is 29.4 Å². The number of hydrogen-bond acceptors (Lipinski definition) is 3. The molecule has 0 spiro atoms. The highest BCUT2D eigenvalue weighted by Gasteiger charge is 2.07. The average Bonchev–Trinajstić information content (AvgIpc) is 2.59. The van der Waals surface area contributed by atoms with Crippen LogP contribution in [0.1, 0.15) is 37.5 Å². The largest absolute Gasteiger partial charge is 0.508 e. The molecule has 0 bridgehead atoms. The maximum absolute atomic E-state index is 9.36. The molecule has 2 rings (SSSR count). The average molecular weight is 355 g/mol. The van der Waals surface area contributed by atoms with Crippen molar-refractivity contribution >= 4 is 5.96 Å². The minimum Gasteiger partial charge on any atom is -0.508 e. The number of phenols is 1. The zero-order valence-corrected chi connectivity index (χ0v) is 16.0. The van der Waals surface area contributed by atoms with Gasteiger partial charge in [0.25, 0.3) is 0 Å². The maximum Gasteiger partial charge on any atom is 0.191 e. The van der Waals surface area contributed by atoms with Crippen LogP contribution < -0.4 is 15.4 Å². The number of aromatic hydroxyl groups is 1. The third-order valence-corrected chi connectivity index (χ3v) is 3.73. The first kappa shape index (κ1) is 19.6. The van der Waals surface area contributed by atoms with Crippen molar-refractivity contribution in [3.05, 3.63) is 59.2 Å². The van der Waals surface area contributed by atoms with Crippen molar-refractivity contribution < 1.29 is 9.84 Å². The molecule has 140 valence electrons. The van der Waals surface area contributed by atoms with E-state index in [0.29, 0.717) is 13.1 Å². The molecule has 0 fully saturated rings. The van der Waals surface area contributed by atoms with Crippen molar-refractivity contribution in [2.45, 2.75) is 46.9 Å². The van der Waals surface area contributed by atoms with Crippen LogP contribution in [-0.4, -0.2) is 23.7 Å². The lowest BCUT2D eigenvalue weighted by Gasteiger charge is -2.17. The van der Waals surface area contributed by atoms with Gasteiger partial charge in [-0.05, 0) is 57.0 Å². The molecule has 5 heteroatoms. The minimum atomic E-state index is 0.131. The molecule has 0 unspecified atom stereocenters. The highest BCUT2D eigenvalue weighted by Crippen LogP contribution is 2.21. The number of aliphatic imine (C=N–C) groups is 1. The molecule has 2 aromatic carbocycles. The zero-order valence-electron chi connectivity index (χ0n) is 16.0. The van der Waals surface area contributed by atoms with Gasteiger partial charge in [0.2, 0.25) is 0 Å². The van der Waals surface area contributed by atoms with Gasteiger partial charge in [0.1, 0.15) is 11.5 Å². The van der Waals surface area contributed by atoms with Crippen LogP contribution in [0.5, 0.6) is 11.5 Å². The molecule has 0 amide bonds. The van der Waals surface area contributed by atoms with E-state index in [1.165, 1.54) is 5.56 Å². The van der Waals surface area contributed by atoms with Crippen LogP contribution in [0.15, 0.2) is 47.5 Å². The summed E-state index contributed by atoms with van der Waals surface area (Å²) < 4.78 is 5.93. The number of ether oxygens (including phenoxy) is 1. The summed E-state index contributed by atoms with van der Waals surface area (Å²) in [4.78, 5) is 4.61. The van der Waals surface area contributed by atoms with Crippen molar-refractivity contribution in [3.63, 3.8) is 0 Å². The topological polar surface area (TPSA) is 65.9 Å². The molecule has 5 nitrogen and oxygen atoms in total. The second-order valence-electron chi connectivity index (χ2n) is 6.49. The Labute approximate surface area is 156 Å². The van der Waals surface area contributed by atoms with Gasteiger partial charge in [0, 0.05) is 18.7 Å². The van der Waals surface area contributed by atoms with E-state index in [-0.39, 0.29) is 11.9 Å². The van der Waals surface area contributed by atoms with Crippen LogP contribution in [0.25, 0.3) is 0 Å². The van der Waals surface area contributed by atoms with Crippen molar-refractivity contribution in [2.75, 3.05) is 6.54 Å². The summed E-state index contributed by atoms with van der Waals surface area (Å²) in [5.74, 6) is 1.92. The van der Waals surface area contributed by atoms with E-state index in [2.05, 4.69) is 40.7 Å². The Morgan fingerprint density at radius 2 is 1.85 bits per heavy atom. The van der Waals surface area contributed by atoms with Gasteiger partial charge in [-0.25, -0.2) is 4.99 Å². The lowest BCUT2D eigenvalue weighted by Crippen LogP contribution is -2.36. The van der Waals surface area contributed by atoms with E-state index >= 15 is 0 Å². The van der Waals surface area contributed by atoms with E-state index in [1.807, 2.05) is 32.9 Å². The number of hydrogen-bond donors (Lipinski definition) is 3. The summed E-state index contributed by atoms with van der Waals surface area (Å²) in [6.45, 7) is 10.1. The fourth-order valence-electron chi connectivity index (χ4n) is 2.46. The van der Waals surface area contributed by atoms with Crippen molar-refractivity contribution in [3.8, 4) is 11.5 Å². The van der Waals surface area contributed by atoms with Crippen molar-refractivity contribution in [2.24, 2.45) is 4.99 Å². The van der Waals surface area contributed by atoms with E-state index in [4.69, 9.17) is 4.74 Å². The fourth-order valence-corrected chi connectivity index (χ4v) is 2.46. The second-order valence-corrected chi connectivity index (χ2v) is 6.49. The summed E-state index contributed by atoms with van der Waals surface area (Å²) >= 11 is 0. The summed E-state index contributed by atoms with van der Waals surface area (Å²) in [6, 6.07) is 13.3. The van der Waals surface area contributed by atoms with Crippen molar-refractivity contribution in [1.82, 2.24) is 10.6 Å². The SMILES string of the molecule is CCNC(=NCc1ccc(O)cc1)NCc1ccc(C)cc1OC(C)C.